The minimum Gasteiger partial charge on any atom is -0.364 e. The van der Waals surface area contributed by atoms with E-state index in [1.165, 1.54) is 10.9 Å². The summed E-state index contributed by atoms with van der Waals surface area (Å²) in [5, 5.41) is 8.41. The summed E-state index contributed by atoms with van der Waals surface area (Å²) in [7, 11) is 0. The molecular weight excluding hydrogens is 434 g/mol. The third-order valence-electron chi connectivity index (χ3n) is 3.57. The van der Waals surface area contributed by atoms with Crippen molar-refractivity contribution in [2.45, 2.75) is 6.54 Å². The van der Waals surface area contributed by atoms with Crippen molar-refractivity contribution in [3.8, 4) is 0 Å². The number of carbonyl (C=O) groups excluding carboxylic acids is 2. The van der Waals surface area contributed by atoms with Gasteiger partial charge in [0.15, 0.2) is 11.5 Å². The van der Waals surface area contributed by atoms with Gasteiger partial charge in [0.25, 0.3) is 5.91 Å². The standard InChI is InChI=1S/C17H11Cl3N4O2.ClH/c18-11-3-1-10(2-4-11)16(25)15-12(19)5-9(6-13(15)20)7-24-8-14(17(21)26)22-23-24;/h1-6,8H,7H2,(H2,21,26);1H. The molecule has 0 aliphatic carbocycles. The first-order valence-electron chi connectivity index (χ1n) is 7.33. The van der Waals surface area contributed by atoms with Gasteiger partial charge in [0.1, 0.15) is 0 Å². The molecule has 140 valence electrons. The summed E-state index contributed by atoms with van der Waals surface area (Å²) in [6, 6.07) is 9.67. The van der Waals surface area contributed by atoms with Crippen molar-refractivity contribution in [1.29, 1.82) is 0 Å². The monoisotopic (exact) mass is 444 g/mol. The Balaban J connectivity index is 0.00000261. The van der Waals surface area contributed by atoms with Gasteiger partial charge in [-0.15, -0.1) is 17.5 Å². The first-order valence-corrected chi connectivity index (χ1v) is 8.46. The largest absolute Gasteiger partial charge is 0.364 e. The van der Waals surface area contributed by atoms with Crippen LogP contribution >= 0.6 is 47.2 Å². The minimum atomic E-state index is -0.670. The van der Waals surface area contributed by atoms with Crippen molar-refractivity contribution in [3.63, 3.8) is 0 Å². The number of hydrogen-bond acceptors (Lipinski definition) is 4. The summed E-state index contributed by atoms with van der Waals surface area (Å²) in [4.78, 5) is 23.7. The van der Waals surface area contributed by atoms with E-state index in [0.717, 1.165) is 0 Å². The first-order chi connectivity index (χ1) is 12.3. The van der Waals surface area contributed by atoms with Crippen LogP contribution in [0, 0.1) is 0 Å². The van der Waals surface area contributed by atoms with E-state index >= 15 is 0 Å². The lowest BCUT2D eigenvalue weighted by Gasteiger charge is -2.10. The number of hydrogen-bond donors (Lipinski definition) is 1. The van der Waals surface area contributed by atoms with Gasteiger partial charge in [-0.05, 0) is 42.0 Å². The van der Waals surface area contributed by atoms with Gasteiger partial charge in [-0.25, -0.2) is 4.68 Å². The van der Waals surface area contributed by atoms with Crippen molar-refractivity contribution in [3.05, 3.63) is 80.0 Å². The summed E-state index contributed by atoms with van der Waals surface area (Å²) in [6.07, 6.45) is 1.41. The molecule has 1 heterocycles. The molecular formula is C17H12Cl4N4O2. The number of nitrogens with zero attached hydrogens (tertiary/aromatic N) is 3. The van der Waals surface area contributed by atoms with Crippen LogP contribution in [-0.4, -0.2) is 26.7 Å². The topological polar surface area (TPSA) is 90.9 Å². The molecule has 2 N–H and O–H groups in total. The van der Waals surface area contributed by atoms with E-state index in [2.05, 4.69) is 10.3 Å². The lowest BCUT2D eigenvalue weighted by molar-refractivity contribution is 0.0994. The number of aromatic nitrogens is 3. The van der Waals surface area contributed by atoms with Gasteiger partial charge in [-0.2, -0.15) is 0 Å². The van der Waals surface area contributed by atoms with Gasteiger partial charge in [-0.3, -0.25) is 9.59 Å². The minimum absolute atomic E-state index is 0. The van der Waals surface area contributed by atoms with Crippen molar-refractivity contribution in [2.24, 2.45) is 5.73 Å². The molecule has 27 heavy (non-hydrogen) atoms. The molecule has 0 fully saturated rings. The summed E-state index contributed by atoms with van der Waals surface area (Å²) in [5.41, 5.74) is 6.51. The van der Waals surface area contributed by atoms with Crippen molar-refractivity contribution in [2.75, 3.05) is 0 Å². The molecule has 0 spiro atoms. The molecule has 2 aromatic carbocycles. The van der Waals surface area contributed by atoms with Crippen molar-refractivity contribution >= 4 is 58.9 Å². The fraction of sp³-hybridized carbons (Fsp3) is 0.0588. The molecule has 3 aromatic rings. The Morgan fingerprint density at radius 3 is 2.15 bits per heavy atom. The highest BCUT2D eigenvalue weighted by Gasteiger charge is 2.18. The van der Waals surface area contributed by atoms with Crippen LogP contribution in [0.4, 0.5) is 0 Å². The van der Waals surface area contributed by atoms with E-state index in [1.807, 2.05) is 0 Å². The number of rotatable bonds is 5. The maximum absolute atomic E-state index is 12.7. The van der Waals surface area contributed by atoms with Crippen LogP contribution in [0.5, 0.6) is 0 Å². The molecule has 1 amide bonds. The highest BCUT2D eigenvalue weighted by Crippen LogP contribution is 2.29. The summed E-state index contributed by atoms with van der Waals surface area (Å²) < 4.78 is 1.42. The average molecular weight is 446 g/mol. The molecule has 1 aromatic heterocycles. The van der Waals surface area contributed by atoms with Gasteiger partial charge in [0.05, 0.1) is 28.4 Å². The molecule has 0 aliphatic rings. The van der Waals surface area contributed by atoms with Crippen LogP contribution in [0.1, 0.15) is 32.0 Å². The van der Waals surface area contributed by atoms with Gasteiger partial charge < -0.3 is 5.73 Å². The van der Waals surface area contributed by atoms with Crippen LogP contribution in [-0.2, 0) is 6.54 Å². The summed E-state index contributed by atoms with van der Waals surface area (Å²) in [5.74, 6) is -0.976. The molecule has 0 atom stereocenters. The van der Waals surface area contributed by atoms with Crippen molar-refractivity contribution in [1.82, 2.24) is 15.0 Å². The Morgan fingerprint density at radius 2 is 1.63 bits per heavy atom. The first kappa shape index (κ1) is 21.2. The van der Waals surface area contributed by atoms with Crippen LogP contribution in [0.15, 0.2) is 42.6 Å². The van der Waals surface area contributed by atoms with Crippen LogP contribution < -0.4 is 5.73 Å². The van der Waals surface area contributed by atoms with E-state index in [9.17, 15) is 9.59 Å². The number of amides is 1. The maximum Gasteiger partial charge on any atom is 0.270 e. The smallest absolute Gasteiger partial charge is 0.270 e. The second-order valence-electron chi connectivity index (χ2n) is 5.44. The Bertz CT molecular complexity index is 979. The maximum atomic E-state index is 12.7. The second-order valence-corrected chi connectivity index (χ2v) is 6.69. The molecule has 0 saturated heterocycles. The average Bonchev–Trinajstić information content (AvgIpc) is 3.03. The normalized spacial score (nSPS) is 10.3. The van der Waals surface area contributed by atoms with Gasteiger partial charge in [0, 0.05) is 10.6 Å². The summed E-state index contributed by atoms with van der Waals surface area (Å²) >= 11 is 18.4. The number of nitrogens with two attached hydrogens (primary N) is 1. The molecule has 6 nitrogen and oxygen atoms in total. The molecule has 3 rings (SSSR count). The van der Waals surface area contributed by atoms with E-state index in [1.54, 1.807) is 36.4 Å². The Labute approximate surface area is 175 Å². The quantitative estimate of drug-likeness (QED) is 0.600. The predicted molar refractivity (Wildman–Crippen MR) is 106 cm³/mol. The SMILES string of the molecule is Cl.NC(=O)c1cn(Cc2cc(Cl)c(C(=O)c3ccc(Cl)cc3)c(Cl)c2)nn1. The molecule has 0 unspecified atom stereocenters. The highest BCUT2D eigenvalue weighted by atomic mass is 35.5. The van der Waals surface area contributed by atoms with E-state index in [-0.39, 0.29) is 46.0 Å². The van der Waals surface area contributed by atoms with Gasteiger partial charge in [-0.1, -0.05) is 40.0 Å². The number of primary amides is 1. The zero-order valence-electron chi connectivity index (χ0n) is 13.5. The number of halogens is 4. The zero-order valence-corrected chi connectivity index (χ0v) is 16.6. The Kier molecular flexibility index (Phi) is 6.84. The van der Waals surface area contributed by atoms with E-state index in [0.29, 0.717) is 16.1 Å². The van der Waals surface area contributed by atoms with Crippen LogP contribution in [0.2, 0.25) is 15.1 Å². The fourth-order valence-corrected chi connectivity index (χ4v) is 3.18. The second kappa shape index (κ2) is 8.71. The predicted octanol–water partition coefficient (Wildman–Crippen LogP) is 4.04. The third kappa shape index (κ3) is 4.78. The van der Waals surface area contributed by atoms with Crippen LogP contribution in [0.3, 0.4) is 0 Å². The third-order valence-corrected chi connectivity index (χ3v) is 4.42. The molecule has 0 bridgehead atoms. The Morgan fingerprint density at radius 1 is 1.04 bits per heavy atom. The van der Waals surface area contributed by atoms with Gasteiger partial charge in [0.2, 0.25) is 0 Å². The van der Waals surface area contributed by atoms with Crippen molar-refractivity contribution < 1.29 is 9.59 Å². The lowest BCUT2D eigenvalue weighted by atomic mass is 10.0. The van der Waals surface area contributed by atoms with E-state index in [4.69, 9.17) is 40.5 Å². The number of carbonyl (C=O) groups is 2. The Hall–Kier alpha value is -2.12. The molecule has 0 saturated carbocycles. The van der Waals surface area contributed by atoms with E-state index < -0.39 is 5.91 Å². The molecule has 10 heteroatoms. The molecule has 0 aliphatic heterocycles. The zero-order chi connectivity index (χ0) is 18.8. The van der Waals surface area contributed by atoms with Crippen LogP contribution in [0.25, 0.3) is 0 Å². The van der Waals surface area contributed by atoms with Gasteiger partial charge >= 0.3 is 0 Å². The molecule has 0 radical (unpaired) electrons. The number of benzene rings is 2. The number of ketones is 1. The summed E-state index contributed by atoms with van der Waals surface area (Å²) in [6.45, 7) is 0.259. The fourth-order valence-electron chi connectivity index (χ4n) is 2.36. The lowest BCUT2D eigenvalue weighted by Crippen LogP contribution is -2.11. The highest BCUT2D eigenvalue weighted by molar-refractivity contribution is 6.41.